The van der Waals surface area contributed by atoms with Crippen molar-refractivity contribution in [2.75, 3.05) is 11.5 Å². The van der Waals surface area contributed by atoms with E-state index in [1.807, 2.05) is 27.7 Å². The lowest BCUT2D eigenvalue weighted by Crippen LogP contribution is -2.29. The van der Waals surface area contributed by atoms with E-state index in [9.17, 15) is 19.5 Å². The van der Waals surface area contributed by atoms with Crippen molar-refractivity contribution in [1.82, 2.24) is 4.98 Å². The predicted octanol–water partition coefficient (Wildman–Crippen LogP) is 5.97. The molecule has 1 amide bonds. The second kappa shape index (κ2) is 11.3. The predicted molar refractivity (Wildman–Crippen MR) is 152 cm³/mol. The number of hydrogen-bond donors (Lipinski definition) is 1. The van der Waals surface area contributed by atoms with E-state index in [0.29, 0.717) is 34.7 Å². The number of amides is 1. The summed E-state index contributed by atoms with van der Waals surface area (Å²) < 4.78 is 11.1. The van der Waals surface area contributed by atoms with Gasteiger partial charge in [0.1, 0.15) is 11.5 Å². The molecule has 0 saturated carbocycles. The standard InChI is InChI=1S/C32H34N2O6/c1-7-39-25-15-12-21(17-24(25)32(4,5)6)28(35)26-27(22-9-8-16-33-18-22)34(30(37)29(26)36)23-13-10-20(11-14-23)31(38)40-19(2)3/h8-19,27,35H,7H2,1-6H3/b28-26-. The van der Waals surface area contributed by atoms with Crippen molar-refractivity contribution < 1.29 is 29.0 Å². The molecule has 0 bridgehead atoms. The van der Waals surface area contributed by atoms with Crippen molar-refractivity contribution in [3.63, 3.8) is 0 Å². The number of aromatic nitrogens is 1. The minimum Gasteiger partial charge on any atom is -0.507 e. The SMILES string of the molecule is CCOc1ccc(/C(O)=C2/C(=O)C(=O)N(c3ccc(C(=O)OC(C)C)cc3)C2c2cccnc2)cc1C(C)(C)C. The van der Waals surface area contributed by atoms with Gasteiger partial charge < -0.3 is 14.6 Å². The molecule has 8 nitrogen and oxygen atoms in total. The van der Waals surface area contributed by atoms with E-state index >= 15 is 0 Å². The molecule has 208 valence electrons. The Kier molecular flexibility index (Phi) is 8.09. The molecule has 3 aromatic rings. The Morgan fingerprint density at radius 1 is 1.05 bits per heavy atom. The van der Waals surface area contributed by atoms with Crippen molar-refractivity contribution in [2.45, 2.75) is 59.1 Å². The van der Waals surface area contributed by atoms with Gasteiger partial charge in [0, 0.05) is 29.2 Å². The average Bonchev–Trinajstić information content (AvgIpc) is 3.18. The molecular weight excluding hydrogens is 508 g/mol. The number of aliphatic hydroxyl groups is 1. The topological polar surface area (TPSA) is 106 Å². The summed E-state index contributed by atoms with van der Waals surface area (Å²) in [6.45, 7) is 12.0. The van der Waals surface area contributed by atoms with Crippen LogP contribution in [0.4, 0.5) is 5.69 Å². The first kappa shape index (κ1) is 28.5. The number of Topliss-reactive ketones (excluding diaryl/α,β-unsaturated/α-hetero) is 1. The maximum Gasteiger partial charge on any atom is 0.338 e. The third-order valence-electron chi connectivity index (χ3n) is 6.53. The lowest BCUT2D eigenvalue weighted by atomic mass is 9.84. The van der Waals surface area contributed by atoms with Gasteiger partial charge in [-0.2, -0.15) is 0 Å². The summed E-state index contributed by atoms with van der Waals surface area (Å²) in [5, 5.41) is 11.6. The fourth-order valence-electron chi connectivity index (χ4n) is 4.69. The molecule has 8 heteroatoms. The van der Waals surface area contributed by atoms with Crippen LogP contribution in [0.3, 0.4) is 0 Å². The van der Waals surface area contributed by atoms with Crippen LogP contribution >= 0.6 is 0 Å². The van der Waals surface area contributed by atoms with E-state index in [4.69, 9.17) is 9.47 Å². The third-order valence-corrected chi connectivity index (χ3v) is 6.53. The van der Waals surface area contributed by atoms with Crippen LogP contribution in [0.1, 0.15) is 74.6 Å². The van der Waals surface area contributed by atoms with Crippen LogP contribution < -0.4 is 9.64 Å². The summed E-state index contributed by atoms with van der Waals surface area (Å²) in [6.07, 6.45) is 2.87. The normalized spacial score (nSPS) is 16.9. The van der Waals surface area contributed by atoms with Crippen LogP contribution in [-0.4, -0.2) is 40.5 Å². The number of ketones is 1. The van der Waals surface area contributed by atoms with E-state index in [1.54, 1.807) is 80.8 Å². The van der Waals surface area contributed by atoms with E-state index in [0.717, 1.165) is 5.56 Å². The van der Waals surface area contributed by atoms with Crippen molar-refractivity contribution in [3.05, 3.63) is 94.8 Å². The Balaban J connectivity index is 1.85. The zero-order valence-electron chi connectivity index (χ0n) is 23.6. The average molecular weight is 543 g/mol. The van der Waals surface area contributed by atoms with Gasteiger partial charge in [-0.1, -0.05) is 26.8 Å². The number of nitrogens with zero attached hydrogens (tertiary/aromatic N) is 2. The minimum absolute atomic E-state index is 0.0506. The van der Waals surface area contributed by atoms with Crippen molar-refractivity contribution in [1.29, 1.82) is 0 Å². The van der Waals surface area contributed by atoms with Crippen LogP contribution in [0.2, 0.25) is 0 Å². The number of pyridine rings is 1. The highest BCUT2D eigenvalue weighted by molar-refractivity contribution is 6.51. The summed E-state index contributed by atoms with van der Waals surface area (Å²) in [4.78, 5) is 44.8. The van der Waals surface area contributed by atoms with E-state index in [2.05, 4.69) is 4.98 Å². The van der Waals surface area contributed by atoms with Crippen LogP contribution in [0.25, 0.3) is 5.76 Å². The largest absolute Gasteiger partial charge is 0.507 e. The smallest absolute Gasteiger partial charge is 0.338 e. The summed E-state index contributed by atoms with van der Waals surface area (Å²) in [6, 6.07) is 14.0. The molecule has 0 radical (unpaired) electrons. The van der Waals surface area contributed by atoms with Crippen LogP contribution in [-0.2, 0) is 19.7 Å². The molecule has 1 aliphatic rings. The molecule has 0 aliphatic carbocycles. The molecule has 4 rings (SSSR count). The Morgan fingerprint density at radius 2 is 1.73 bits per heavy atom. The fraction of sp³-hybridized carbons (Fsp3) is 0.312. The number of rotatable bonds is 7. The van der Waals surface area contributed by atoms with Crippen molar-refractivity contribution in [2.24, 2.45) is 0 Å². The second-order valence-electron chi connectivity index (χ2n) is 10.9. The summed E-state index contributed by atoms with van der Waals surface area (Å²) >= 11 is 0. The monoisotopic (exact) mass is 542 g/mol. The first-order valence-corrected chi connectivity index (χ1v) is 13.2. The maximum atomic E-state index is 13.5. The lowest BCUT2D eigenvalue weighted by molar-refractivity contribution is -0.132. The molecule has 1 N–H and O–H groups in total. The van der Waals surface area contributed by atoms with Gasteiger partial charge in [-0.05, 0) is 80.3 Å². The zero-order valence-corrected chi connectivity index (χ0v) is 23.6. The summed E-state index contributed by atoms with van der Waals surface area (Å²) in [5.74, 6) is -1.71. The number of esters is 1. The van der Waals surface area contributed by atoms with Gasteiger partial charge in [0.2, 0.25) is 0 Å². The molecular formula is C32H34N2O6. The Bertz CT molecular complexity index is 1450. The Morgan fingerprint density at radius 3 is 2.30 bits per heavy atom. The molecule has 1 fully saturated rings. The minimum atomic E-state index is -0.938. The molecule has 40 heavy (non-hydrogen) atoms. The Labute approximate surface area is 234 Å². The summed E-state index contributed by atoms with van der Waals surface area (Å²) in [7, 11) is 0. The number of carbonyl (C=O) groups is 3. The molecule has 1 aromatic heterocycles. The molecule has 1 aliphatic heterocycles. The van der Waals surface area contributed by atoms with Gasteiger partial charge >= 0.3 is 5.97 Å². The van der Waals surface area contributed by atoms with Crippen LogP contribution in [0, 0.1) is 0 Å². The number of anilines is 1. The second-order valence-corrected chi connectivity index (χ2v) is 10.9. The van der Waals surface area contributed by atoms with Gasteiger partial charge in [0.25, 0.3) is 11.7 Å². The van der Waals surface area contributed by atoms with E-state index < -0.39 is 23.7 Å². The first-order valence-electron chi connectivity index (χ1n) is 13.2. The molecule has 1 unspecified atom stereocenters. The highest BCUT2D eigenvalue weighted by Crippen LogP contribution is 2.43. The number of benzene rings is 2. The molecule has 0 spiro atoms. The van der Waals surface area contributed by atoms with E-state index in [-0.39, 0.29) is 22.9 Å². The van der Waals surface area contributed by atoms with Gasteiger partial charge in [-0.15, -0.1) is 0 Å². The third kappa shape index (κ3) is 5.61. The van der Waals surface area contributed by atoms with E-state index in [1.165, 1.54) is 4.90 Å². The zero-order chi connectivity index (χ0) is 29.2. The molecule has 2 heterocycles. The van der Waals surface area contributed by atoms with Gasteiger partial charge in [0.05, 0.1) is 29.9 Å². The molecule has 2 aromatic carbocycles. The summed E-state index contributed by atoms with van der Waals surface area (Å²) in [5.41, 5.74) is 2.14. The van der Waals surface area contributed by atoms with Gasteiger partial charge in [0.15, 0.2) is 0 Å². The number of hydrogen-bond acceptors (Lipinski definition) is 7. The molecule has 1 atom stereocenters. The maximum absolute atomic E-state index is 13.5. The van der Waals surface area contributed by atoms with Gasteiger partial charge in [-0.25, -0.2) is 4.79 Å². The van der Waals surface area contributed by atoms with Crippen LogP contribution in [0.15, 0.2) is 72.6 Å². The van der Waals surface area contributed by atoms with Crippen LogP contribution in [0.5, 0.6) is 5.75 Å². The van der Waals surface area contributed by atoms with Gasteiger partial charge in [-0.3, -0.25) is 19.5 Å². The number of ether oxygens (including phenoxy) is 2. The van der Waals surface area contributed by atoms with Crippen molar-refractivity contribution >= 4 is 29.1 Å². The molecule has 1 saturated heterocycles. The number of aliphatic hydroxyl groups excluding tert-OH is 1. The lowest BCUT2D eigenvalue weighted by Gasteiger charge is -2.26. The Hall–Kier alpha value is -4.46. The quantitative estimate of drug-likeness (QED) is 0.170. The highest BCUT2D eigenvalue weighted by atomic mass is 16.5. The fourth-order valence-corrected chi connectivity index (χ4v) is 4.69. The van der Waals surface area contributed by atoms with Crippen molar-refractivity contribution in [3.8, 4) is 5.75 Å². The number of carbonyl (C=O) groups excluding carboxylic acids is 3. The highest BCUT2D eigenvalue weighted by Gasteiger charge is 2.47. The first-order chi connectivity index (χ1) is 18.9.